The second kappa shape index (κ2) is 13.3. The van der Waals surface area contributed by atoms with Gasteiger partial charge >= 0.3 is 0 Å². The van der Waals surface area contributed by atoms with E-state index in [9.17, 15) is 0 Å². The maximum Gasteiger partial charge on any atom is 0.104 e. The van der Waals surface area contributed by atoms with Crippen LogP contribution in [0, 0.1) is 0 Å². The lowest BCUT2D eigenvalue weighted by molar-refractivity contribution is -0.0225. The van der Waals surface area contributed by atoms with Gasteiger partial charge in [-0.1, -0.05) is 58.8 Å². The molecule has 1 rings (SSSR count). The van der Waals surface area contributed by atoms with Gasteiger partial charge in [0.2, 0.25) is 0 Å². The number of rotatable bonds is 16. The van der Waals surface area contributed by atoms with Crippen molar-refractivity contribution in [2.24, 2.45) is 0 Å². The zero-order valence-corrected chi connectivity index (χ0v) is 15.1. The summed E-state index contributed by atoms with van der Waals surface area (Å²) in [6.07, 6.45) is 13.9. The fourth-order valence-electron chi connectivity index (χ4n) is 2.89. The summed E-state index contributed by atoms with van der Waals surface area (Å²) in [4.78, 5) is 0. The summed E-state index contributed by atoms with van der Waals surface area (Å²) in [5.41, 5.74) is 0. The van der Waals surface area contributed by atoms with Crippen molar-refractivity contribution in [1.29, 1.82) is 0 Å². The molecule has 0 amide bonds. The summed E-state index contributed by atoms with van der Waals surface area (Å²) in [6.45, 7) is 9.02. The number of hydrogen-bond donors (Lipinski definition) is 0. The van der Waals surface area contributed by atoms with Gasteiger partial charge in [-0.3, -0.25) is 0 Å². The smallest absolute Gasteiger partial charge is 0.104 e. The molecule has 3 heteroatoms. The van der Waals surface area contributed by atoms with Crippen molar-refractivity contribution in [1.82, 2.24) is 0 Å². The van der Waals surface area contributed by atoms with Crippen LogP contribution in [0.5, 0.6) is 0 Å². The molecule has 0 radical (unpaired) electrons. The predicted octanol–water partition coefficient (Wildman–Crippen LogP) is 5.12. The lowest BCUT2D eigenvalue weighted by Gasteiger charge is -2.23. The zero-order chi connectivity index (χ0) is 16.0. The van der Waals surface area contributed by atoms with Gasteiger partial charge in [0.05, 0.1) is 25.4 Å². The van der Waals surface area contributed by atoms with Gasteiger partial charge in [0.25, 0.3) is 0 Å². The Hall–Kier alpha value is -0.120. The molecule has 0 aromatic carbocycles. The van der Waals surface area contributed by atoms with Crippen molar-refractivity contribution < 1.29 is 14.2 Å². The first-order chi connectivity index (χ1) is 10.8. The van der Waals surface area contributed by atoms with Crippen LogP contribution in [-0.4, -0.2) is 38.1 Å². The van der Waals surface area contributed by atoms with E-state index in [0.717, 1.165) is 32.7 Å². The molecule has 1 saturated heterocycles. The van der Waals surface area contributed by atoms with E-state index in [0.29, 0.717) is 18.3 Å². The molecular formula is C19H38O3. The van der Waals surface area contributed by atoms with E-state index >= 15 is 0 Å². The van der Waals surface area contributed by atoms with E-state index in [1.54, 1.807) is 0 Å². The molecule has 1 fully saturated rings. The molecule has 22 heavy (non-hydrogen) atoms. The van der Waals surface area contributed by atoms with Crippen LogP contribution in [0.2, 0.25) is 0 Å². The number of epoxide rings is 1. The molecule has 0 saturated carbocycles. The molecule has 0 N–H and O–H groups in total. The number of hydrogen-bond acceptors (Lipinski definition) is 3. The zero-order valence-electron chi connectivity index (χ0n) is 15.1. The first kappa shape index (κ1) is 19.9. The summed E-state index contributed by atoms with van der Waals surface area (Å²) in [5.74, 6) is 0. The van der Waals surface area contributed by atoms with E-state index < -0.39 is 0 Å². The summed E-state index contributed by atoms with van der Waals surface area (Å²) in [7, 11) is 0. The Labute approximate surface area is 138 Å². The van der Waals surface area contributed by atoms with E-state index in [-0.39, 0.29) is 0 Å². The molecule has 1 heterocycles. The topological polar surface area (TPSA) is 31.0 Å². The van der Waals surface area contributed by atoms with Gasteiger partial charge in [0.1, 0.15) is 6.10 Å². The van der Waals surface area contributed by atoms with E-state index in [1.807, 2.05) is 0 Å². The number of ether oxygens (including phenoxy) is 3. The van der Waals surface area contributed by atoms with Crippen molar-refractivity contribution in [2.75, 3.05) is 19.8 Å². The average Bonchev–Trinajstić information content (AvgIpc) is 3.34. The second-order valence-corrected chi connectivity index (χ2v) is 6.54. The van der Waals surface area contributed by atoms with Crippen molar-refractivity contribution in [3.8, 4) is 0 Å². The van der Waals surface area contributed by atoms with Gasteiger partial charge in [0.15, 0.2) is 0 Å². The highest BCUT2D eigenvalue weighted by Crippen LogP contribution is 2.19. The van der Waals surface area contributed by atoms with Crippen molar-refractivity contribution >= 4 is 0 Å². The molecular weight excluding hydrogens is 276 g/mol. The van der Waals surface area contributed by atoms with E-state index in [1.165, 1.54) is 51.4 Å². The first-order valence-electron chi connectivity index (χ1n) is 9.64. The van der Waals surface area contributed by atoms with Crippen LogP contribution in [0.25, 0.3) is 0 Å². The van der Waals surface area contributed by atoms with Crippen molar-refractivity contribution in [3.63, 3.8) is 0 Å². The molecule has 3 unspecified atom stereocenters. The minimum atomic E-state index is 0.324. The monoisotopic (exact) mass is 314 g/mol. The lowest BCUT2D eigenvalue weighted by Crippen LogP contribution is -2.24. The minimum Gasteiger partial charge on any atom is -0.378 e. The highest BCUT2D eigenvalue weighted by atomic mass is 16.6. The SMILES string of the molecule is CCCCCCCCCC(CC(CC)OCC1CO1)OCC. The molecule has 1 aliphatic rings. The van der Waals surface area contributed by atoms with Gasteiger partial charge in [0, 0.05) is 6.61 Å². The Kier molecular flexibility index (Phi) is 12.1. The molecule has 0 aliphatic carbocycles. The predicted molar refractivity (Wildman–Crippen MR) is 92.4 cm³/mol. The molecule has 1 aliphatic heterocycles. The van der Waals surface area contributed by atoms with Gasteiger partial charge in [-0.25, -0.2) is 0 Å². The molecule has 0 aromatic heterocycles. The minimum absolute atomic E-state index is 0.324. The third kappa shape index (κ3) is 10.6. The third-order valence-electron chi connectivity index (χ3n) is 4.43. The summed E-state index contributed by atoms with van der Waals surface area (Å²) >= 11 is 0. The van der Waals surface area contributed by atoms with Crippen LogP contribution in [0.4, 0.5) is 0 Å². The molecule has 3 atom stereocenters. The summed E-state index contributed by atoms with van der Waals surface area (Å²) in [5, 5.41) is 0. The maximum absolute atomic E-state index is 5.96. The fourth-order valence-corrected chi connectivity index (χ4v) is 2.89. The van der Waals surface area contributed by atoms with Crippen LogP contribution in [0.3, 0.4) is 0 Å². The Balaban J connectivity index is 2.10. The van der Waals surface area contributed by atoms with Crippen LogP contribution in [-0.2, 0) is 14.2 Å². The van der Waals surface area contributed by atoms with Crippen LogP contribution in [0.1, 0.15) is 85.0 Å². The van der Waals surface area contributed by atoms with Crippen molar-refractivity contribution in [2.45, 2.75) is 103 Å². The summed E-state index contributed by atoms with van der Waals surface area (Å²) < 4.78 is 17.1. The maximum atomic E-state index is 5.96. The van der Waals surface area contributed by atoms with E-state index in [2.05, 4.69) is 20.8 Å². The Morgan fingerprint density at radius 2 is 1.59 bits per heavy atom. The lowest BCUT2D eigenvalue weighted by atomic mass is 10.0. The quantitative estimate of drug-likeness (QED) is 0.293. The highest BCUT2D eigenvalue weighted by Gasteiger charge is 2.25. The molecule has 0 aromatic rings. The van der Waals surface area contributed by atoms with Gasteiger partial charge in [-0.15, -0.1) is 0 Å². The summed E-state index contributed by atoms with van der Waals surface area (Å²) in [6, 6.07) is 0. The van der Waals surface area contributed by atoms with Gasteiger partial charge in [-0.05, 0) is 26.2 Å². The fraction of sp³-hybridized carbons (Fsp3) is 1.00. The first-order valence-corrected chi connectivity index (χ1v) is 9.64. The molecule has 3 nitrogen and oxygen atoms in total. The molecule has 0 bridgehead atoms. The Morgan fingerprint density at radius 3 is 2.18 bits per heavy atom. The van der Waals surface area contributed by atoms with Crippen molar-refractivity contribution in [3.05, 3.63) is 0 Å². The average molecular weight is 315 g/mol. The second-order valence-electron chi connectivity index (χ2n) is 6.54. The Bertz CT molecular complexity index is 241. The van der Waals surface area contributed by atoms with Gasteiger partial charge in [-0.2, -0.15) is 0 Å². The van der Waals surface area contributed by atoms with Crippen LogP contribution in [0.15, 0.2) is 0 Å². The normalized spacial score (nSPS) is 20.0. The number of unbranched alkanes of at least 4 members (excludes halogenated alkanes) is 6. The van der Waals surface area contributed by atoms with Gasteiger partial charge < -0.3 is 14.2 Å². The Morgan fingerprint density at radius 1 is 0.909 bits per heavy atom. The van der Waals surface area contributed by atoms with Crippen LogP contribution >= 0.6 is 0 Å². The largest absolute Gasteiger partial charge is 0.378 e. The van der Waals surface area contributed by atoms with Crippen LogP contribution < -0.4 is 0 Å². The van der Waals surface area contributed by atoms with E-state index in [4.69, 9.17) is 14.2 Å². The third-order valence-corrected chi connectivity index (χ3v) is 4.43. The standard InChI is InChI=1S/C19H38O3/c1-4-7-8-9-10-11-12-13-18(20-6-3)14-17(5-2)21-15-19-16-22-19/h17-19H,4-16H2,1-3H3. The molecule has 0 spiro atoms. The molecule has 132 valence electrons. The highest BCUT2D eigenvalue weighted by molar-refractivity contribution is 4.71.